The number of ketones is 1. The number of carbonyl (C=O) groups excluding carboxylic acids is 1. The fourth-order valence-electron chi connectivity index (χ4n) is 3.32. The minimum atomic E-state index is -0.738. The van der Waals surface area contributed by atoms with Crippen LogP contribution >= 0.6 is 15.9 Å². The van der Waals surface area contributed by atoms with E-state index in [9.17, 15) is 4.79 Å². The Kier molecular flexibility index (Phi) is 6.41. The smallest absolute Gasteiger partial charge is 0.215 e. The number of rotatable bonds is 7. The van der Waals surface area contributed by atoms with Crippen molar-refractivity contribution >= 4 is 21.7 Å². The lowest BCUT2D eigenvalue weighted by Gasteiger charge is -2.19. The second-order valence-electron chi connectivity index (χ2n) is 6.80. The second-order valence-corrected chi connectivity index (χ2v) is 7.63. The van der Waals surface area contributed by atoms with Crippen LogP contribution in [0.25, 0.3) is 0 Å². The summed E-state index contributed by atoms with van der Waals surface area (Å²) in [7, 11) is 0. The number of benzene rings is 4. The van der Waals surface area contributed by atoms with Crippen molar-refractivity contribution in [2.75, 3.05) is 0 Å². The fourth-order valence-corrected chi connectivity index (χ4v) is 3.80. The van der Waals surface area contributed by atoms with Gasteiger partial charge in [0.2, 0.25) is 10.8 Å². The minimum Gasteiger partial charge on any atom is -0.471 e. The number of halogens is 1. The maximum atomic E-state index is 12.5. The predicted octanol–water partition coefficient (Wildman–Crippen LogP) is 6.69. The number of hydrogen-bond donors (Lipinski definition) is 0. The topological polar surface area (TPSA) is 26.3 Å². The van der Waals surface area contributed by atoms with Gasteiger partial charge in [-0.3, -0.25) is 4.79 Å². The first-order valence-corrected chi connectivity index (χ1v) is 10.6. The van der Waals surface area contributed by atoms with E-state index in [1.807, 2.05) is 78.9 Å². The average molecular weight is 456 g/mol. The molecule has 0 aliphatic heterocycles. The Labute approximate surface area is 185 Å². The van der Waals surface area contributed by atoms with Crippen molar-refractivity contribution in [1.29, 1.82) is 0 Å². The predicted molar refractivity (Wildman–Crippen MR) is 124 cm³/mol. The van der Waals surface area contributed by atoms with Crippen molar-refractivity contribution in [3.8, 4) is 5.75 Å². The van der Waals surface area contributed by atoms with Gasteiger partial charge in [0.1, 0.15) is 5.75 Å². The molecule has 0 heterocycles. The van der Waals surface area contributed by atoms with E-state index in [0.29, 0.717) is 11.3 Å². The quantitative estimate of drug-likeness (QED) is 0.176. The van der Waals surface area contributed by atoms with Crippen molar-refractivity contribution in [3.05, 3.63) is 143 Å². The third kappa shape index (κ3) is 4.69. The van der Waals surface area contributed by atoms with Crippen LogP contribution in [0.5, 0.6) is 5.75 Å². The molecule has 4 aromatic carbocycles. The van der Waals surface area contributed by atoms with Gasteiger partial charge in [-0.1, -0.05) is 103 Å². The Balaban J connectivity index is 1.56. The SMILES string of the molecule is O=C(c1ccccc1)C(Br)Oc1ccc([C](c2ccccc2)c2ccccc2)cc1. The van der Waals surface area contributed by atoms with Crippen LogP contribution in [0.3, 0.4) is 0 Å². The van der Waals surface area contributed by atoms with Gasteiger partial charge in [-0.15, -0.1) is 0 Å². The summed E-state index contributed by atoms with van der Waals surface area (Å²) in [6.07, 6.45) is 0. The molecule has 1 radical (unpaired) electrons. The number of hydrogen-bond acceptors (Lipinski definition) is 2. The average Bonchev–Trinajstić information content (AvgIpc) is 2.82. The van der Waals surface area contributed by atoms with Gasteiger partial charge in [0, 0.05) is 5.56 Å². The third-order valence-electron chi connectivity index (χ3n) is 4.77. The molecule has 0 spiro atoms. The van der Waals surface area contributed by atoms with Crippen molar-refractivity contribution in [2.24, 2.45) is 0 Å². The highest BCUT2D eigenvalue weighted by atomic mass is 79.9. The Morgan fingerprint density at radius 2 is 0.967 bits per heavy atom. The Hall–Kier alpha value is -3.17. The molecule has 4 rings (SSSR count). The Morgan fingerprint density at radius 3 is 1.43 bits per heavy atom. The summed E-state index contributed by atoms with van der Waals surface area (Å²) in [5, 5.41) is -0.738. The van der Waals surface area contributed by atoms with Gasteiger partial charge in [0.05, 0.1) is 5.92 Å². The molecular weight excluding hydrogens is 436 g/mol. The molecule has 0 aliphatic carbocycles. The largest absolute Gasteiger partial charge is 0.471 e. The van der Waals surface area contributed by atoms with Gasteiger partial charge in [-0.05, 0) is 44.8 Å². The number of carbonyl (C=O) groups is 1. The van der Waals surface area contributed by atoms with Crippen LogP contribution in [0.2, 0.25) is 0 Å². The molecule has 0 amide bonds. The first-order chi connectivity index (χ1) is 14.7. The zero-order valence-corrected chi connectivity index (χ0v) is 17.8. The standard InChI is InChI=1S/C27H20BrO2/c28-27(26(29)23-14-8-3-9-15-23)30-24-18-16-22(17-19-24)25(20-10-4-1-5-11-20)21-12-6-2-7-13-21/h1-19,27H. The molecule has 0 aliphatic rings. The summed E-state index contributed by atoms with van der Waals surface area (Å²) in [6.45, 7) is 0. The molecule has 1 atom stereocenters. The lowest BCUT2D eigenvalue weighted by Crippen LogP contribution is -2.20. The molecule has 0 N–H and O–H groups in total. The minimum absolute atomic E-state index is 0.111. The van der Waals surface area contributed by atoms with Gasteiger partial charge in [-0.2, -0.15) is 0 Å². The van der Waals surface area contributed by atoms with Gasteiger partial charge >= 0.3 is 0 Å². The van der Waals surface area contributed by atoms with Crippen molar-refractivity contribution in [1.82, 2.24) is 0 Å². The lowest BCUT2D eigenvalue weighted by molar-refractivity contribution is 0.0897. The summed E-state index contributed by atoms with van der Waals surface area (Å²) in [4.78, 5) is 12.5. The van der Waals surface area contributed by atoms with E-state index < -0.39 is 5.01 Å². The summed E-state index contributed by atoms with van der Waals surface area (Å²) in [5.74, 6) is 1.67. The molecule has 2 nitrogen and oxygen atoms in total. The molecule has 3 heteroatoms. The molecule has 1 unspecified atom stereocenters. The molecule has 0 aromatic heterocycles. The van der Waals surface area contributed by atoms with E-state index >= 15 is 0 Å². The van der Waals surface area contributed by atoms with E-state index in [1.54, 1.807) is 12.1 Å². The first kappa shape index (κ1) is 20.1. The molecule has 0 saturated carbocycles. The highest BCUT2D eigenvalue weighted by Gasteiger charge is 2.20. The van der Waals surface area contributed by atoms with E-state index in [2.05, 4.69) is 40.2 Å². The van der Waals surface area contributed by atoms with E-state index in [0.717, 1.165) is 22.6 Å². The first-order valence-electron chi connectivity index (χ1n) is 9.70. The van der Waals surface area contributed by atoms with E-state index in [1.165, 1.54) is 0 Å². The lowest BCUT2D eigenvalue weighted by atomic mass is 9.85. The molecule has 0 bridgehead atoms. The van der Waals surface area contributed by atoms with Gasteiger partial charge < -0.3 is 4.74 Å². The molecule has 4 aromatic rings. The van der Waals surface area contributed by atoms with Crippen LogP contribution in [0.15, 0.2) is 115 Å². The normalized spacial score (nSPS) is 11.8. The molecule has 147 valence electrons. The summed E-state index contributed by atoms with van der Waals surface area (Å²) in [6, 6.07) is 37.6. The van der Waals surface area contributed by atoms with Crippen LogP contribution in [-0.4, -0.2) is 10.8 Å². The number of alkyl halides is 1. The third-order valence-corrected chi connectivity index (χ3v) is 5.37. The molecular formula is C27H20BrO2. The maximum Gasteiger partial charge on any atom is 0.215 e. The monoisotopic (exact) mass is 455 g/mol. The maximum absolute atomic E-state index is 12.5. The molecule has 0 saturated heterocycles. The molecule has 0 fully saturated rings. The summed E-state index contributed by atoms with van der Waals surface area (Å²) >= 11 is 3.36. The summed E-state index contributed by atoms with van der Waals surface area (Å²) < 4.78 is 5.83. The zero-order chi connectivity index (χ0) is 20.8. The van der Waals surface area contributed by atoms with Crippen LogP contribution < -0.4 is 4.74 Å². The number of ether oxygens (including phenoxy) is 1. The van der Waals surface area contributed by atoms with Gasteiger partial charge in [-0.25, -0.2) is 0 Å². The highest BCUT2D eigenvalue weighted by molar-refractivity contribution is 9.09. The fraction of sp³-hybridized carbons (Fsp3) is 0.0370. The van der Waals surface area contributed by atoms with Crippen LogP contribution in [0, 0.1) is 5.92 Å². The number of Topliss-reactive ketones (excluding diaryl/α,β-unsaturated/α-hetero) is 1. The van der Waals surface area contributed by atoms with Gasteiger partial charge in [0.15, 0.2) is 0 Å². The highest BCUT2D eigenvalue weighted by Crippen LogP contribution is 2.32. The van der Waals surface area contributed by atoms with E-state index in [4.69, 9.17) is 4.74 Å². The summed E-state index contributed by atoms with van der Waals surface area (Å²) in [5.41, 5.74) is 3.99. The van der Waals surface area contributed by atoms with Crippen molar-refractivity contribution in [2.45, 2.75) is 5.01 Å². The van der Waals surface area contributed by atoms with Gasteiger partial charge in [0.25, 0.3) is 0 Å². The van der Waals surface area contributed by atoms with Crippen LogP contribution in [-0.2, 0) is 0 Å². The van der Waals surface area contributed by atoms with Crippen LogP contribution in [0.1, 0.15) is 27.0 Å². The second kappa shape index (κ2) is 9.55. The molecule has 30 heavy (non-hydrogen) atoms. The van der Waals surface area contributed by atoms with E-state index in [-0.39, 0.29) is 5.78 Å². The zero-order valence-electron chi connectivity index (χ0n) is 16.2. The van der Waals surface area contributed by atoms with Crippen LogP contribution in [0.4, 0.5) is 0 Å². The van der Waals surface area contributed by atoms with Crippen molar-refractivity contribution in [3.63, 3.8) is 0 Å². The Morgan fingerprint density at radius 1 is 0.567 bits per heavy atom. The Bertz CT molecular complexity index is 1040. The van der Waals surface area contributed by atoms with Crippen molar-refractivity contribution < 1.29 is 9.53 Å².